The summed E-state index contributed by atoms with van der Waals surface area (Å²) in [5, 5.41) is 10.1. The van der Waals surface area contributed by atoms with Crippen molar-refractivity contribution in [3.05, 3.63) is 0 Å². The number of rotatable bonds is 4. The van der Waals surface area contributed by atoms with Crippen molar-refractivity contribution in [2.45, 2.75) is 77.9 Å². The van der Waals surface area contributed by atoms with Crippen molar-refractivity contribution in [3.63, 3.8) is 0 Å². The summed E-state index contributed by atoms with van der Waals surface area (Å²) in [6, 6.07) is 0. The fourth-order valence-electron chi connectivity index (χ4n) is 2.54. The Morgan fingerprint density at radius 3 is 2.56 bits per heavy atom. The van der Waals surface area contributed by atoms with Crippen molar-refractivity contribution in [1.29, 1.82) is 0 Å². The molecule has 3 unspecified atom stereocenters. The van der Waals surface area contributed by atoms with Gasteiger partial charge in [-0.15, -0.1) is 0 Å². The second kappa shape index (κ2) is 6.55. The van der Waals surface area contributed by atoms with E-state index in [9.17, 15) is 9.90 Å². The molecule has 106 valence electrons. The van der Waals surface area contributed by atoms with Crippen molar-refractivity contribution in [2.75, 3.05) is 0 Å². The molecule has 0 amide bonds. The molecule has 1 aliphatic carbocycles. The smallest absolute Gasteiger partial charge is 0.308 e. The van der Waals surface area contributed by atoms with Crippen molar-refractivity contribution >= 4 is 5.97 Å². The molecule has 1 N–H and O–H groups in total. The Morgan fingerprint density at radius 1 is 1.33 bits per heavy atom. The van der Waals surface area contributed by atoms with Crippen LogP contribution in [0.5, 0.6) is 0 Å². The Kier molecular flexibility index (Phi) is 5.64. The van der Waals surface area contributed by atoms with Gasteiger partial charge in [0.15, 0.2) is 0 Å². The van der Waals surface area contributed by atoms with E-state index in [0.717, 1.165) is 38.5 Å². The van der Waals surface area contributed by atoms with Gasteiger partial charge in [0.05, 0.1) is 11.5 Å². The largest absolute Gasteiger partial charge is 0.462 e. The first-order valence-corrected chi connectivity index (χ1v) is 7.27. The molecule has 18 heavy (non-hydrogen) atoms. The van der Waals surface area contributed by atoms with E-state index in [1.165, 1.54) is 0 Å². The first-order chi connectivity index (χ1) is 8.34. The highest BCUT2D eigenvalue weighted by Gasteiger charge is 2.30. The quantitative estimate of drug-likeness (QED) is 0.620. The van der Waals surface area contributed by atoms with Gasteiger partial charge in [-0.25, -0.2) is 0 Å². The summed E-state index contributed by atoms with van der Waals surface area (Å²) in [6.07, 6.45) is 5.72. The zero-order valence-electron chi connectivity index (χ0n) is 12.2. The lowest BCUT2D eigenvalue weighted by Gasteiger charge is -2.28. The van der Waals surface area contributed by atoms with Crippen LogP contribution in [0, 0.1) is 11.8 Å². The van der Waals surface area contributed by atoms with Crippen LogP contribution in [0.2, 0.25) is 0 Å². The van der Waals surface area contributed by atoms with Crippen molar-refractivity contribution < 1.29 is 14.6 Å². The molecule has 3 nitrogen and oxygen atoms in total. The van der Waals surface area contributed by atoms with Gasteiger partial charge in [0.1, 0.15) is 6.10 Å². The zero-order valence-corrected chi connectivity index (χ0v) is 12.2. The van der Waals surface area contributed by atoms with Crippen LogP contribution in [0.25, 0.3) is 0 Å². The maximum atomic E-state index is 11.8. The summed E-state index contributed by atoms with van der Waals surface area (Å²) in [5.41, 5.74) is -0.615. The molecule has 0 aromatic rings. The molecule has 3 heteroatoms. The maximum absolute atomic E-state index is 11.8. The summed E-state index contributed by atoms with van der Waals surface area (Å²) in [6.45, 7) is 7.67. The third-order valence-electron chi connectivity index (χ3n) is 4.21. The molecule has 0 aromatic carbocycles. The molecule has 0 bridgehead atoms. The summed E-state index contributed by atoms with van der Waals surface area (Å²) < 4.78 is 5.56. The van der Waals surface area contributed by atoms with E-state index in [2.05, 4.69) is 0 Å². The minimum absolute atomic E-state index is 0.00154. The fraction of sp³-hybridized carbons (Fsp3) is 0.933. The molecule has 3 atom stereocenters. The third kappa shape index (κ3) is 4.60. The molecule has 0 radical (unpaired) electrons. The van der Waals surface area contributed by atoms with E-state index in [-0.39, 0.29) is 18.0 Å². The number of carbonyl (C=O) groups is 1. The molecule has 0 saturated heterocycles. The summed E-state index contributed by atoms with van der Waals surface area (Å²) >= 11 is 0. The van der Waals surface area contributed by atoms with E-state index in [4.69, 9.17) is 4.74 Å². The van der Waals surface area contributed by atoms with E-state index in [1.54, 1.807) is 0 Å². The molecule has 0 spiro atoms. The summed E-state index contributed by atoms with van der Waals surface area (Å²) in [7, 11) is 0. The van der Waals surface area contributed by atoms with Gasteiger partial charge in [-0.2, -0.15) is 0 Å². The minimum atomic E-state index is -0.615. The Hall–Kier alpha value is -0.570. The molecule has 0 aliphatic heterocycles. The first kappa shape index (κ1) is 15.5. The Morgan fingerprint density at radius 2 is 2.00 bits per heavy atom. The monoisotopic (exact) mass is 256 g/mol. The van der Waals surface area contributed by atoms with Gasteiger partial charge in [-0.05, 0) is 58.3 Å². The van der Waals surface area contributed by atoms with E-state index in [1.807, 2.05) is 27.7 Å². The average Bonchev–Trinajstić information content (AvgIpc) is 2.52. The fourth-order valence-corrected chi connectivity index (χ4v) is 2.54. The van der Waals surface area contributed by atoms with Gasteiger partial charge < -0.3 is 9.84 Å². The van der Waals surface area contributed by atoms with Crippen LogP contribution < -0.4 is 0 Å². The Balaban J connectivity index is 2.45. The number of esters is 1. The van der Waals surface area contributed by atoms with Crippen LogP contribution in [0.1, 0.15) is 66.2 Å². The predicted octanol–water partition coefficient (Wildman–Crippen LogP) is 3.30. The number of carbonyl (C=O) groups excluding carboxylic acids is 1. The zero-order chi connectivity index (χ0) is 13.8. The third-order valence-corrected chi connectivity index (χ3v) is 4.21. The second-order valence-electron chi connectivity index (χ2n) is 6.23. The number of hydrogen-bond acceptors (Lipinski definition) is 3. The van der Waals surface area contributed by atoms with Crippen LogP contribution >= 0.6 is 0 Å². The lowest BCUT2D eigenvalue weighted by molar-refractivity contribution is -0.154. The number of ether oxygens (including phenoxy) is 1. The molecule has 0 aromatic heterocycles. The van der Waals surface area contributed by atoms with Crippen LogP contribution in [0.3, 0.4) is 0 Å². The molecular formula is C15H28O3. The maximum Gasteiger partial charge on any atom is 0.308 e. The van der Waals surface area contributed by atoms with E-state index < -0.39 is 5.60 Å². The van der Waals surface area contributed by atoms with Crippen LogP contribution in [-0.2, 0) is 9.53 Å². The molecular weight excluding hydrogens is 228 g/mol. The van der Waals surface area contributed by atoms with Gasteiger partial charge in [-0.1, -0.05) is 13.8 Å². The van der Waals surface area contributed by atoms with Crippen molar-refractivity contribution in [3.8, 4) is 0 Å². The number of hydrogen-bond donors (Lipinski definition) is 1. The summed E-state index contributed by atoms with van der Waals surface area (Å²) in [4.78, 5) is 11.8. The van der Waals surface area contributed by atoms with Crippen LogP contribution in [0.15, 0.2) is 0 Å². The minimum Gasteiger partial charge on any atom is -0.462 e. The topological polar surface area (TPSA) is 46.5 Å². The van der Waals surface area contributed by atoms with Gasteiger partial charge in [0.25, 0.3) is 0 Å². The Bertz CT molecular complexity index is 267. The van der Waals surface area contributed by atoms with Gasteiger partial charge >= 0.3 is 5.97 Å². The van der Waals surface area contributed by atoms with E-state index >= 15 is 0 Å². The standard InChI is InChI=1S/C15H28O3/c1-5-11(2)14(16)18-13-8-6-7-12(9-10-13)15(3,4)17/h11-13,17H,5-10H2,1-4H3. The molecule has 1 fully saturated rings. The Labute approximate surface area is 111 Å². The highest BCUT2D eigenvalue weighted by atomic mass is 16.5. The molecule has 1 aliphatic rings. The molecule has 1 saturated carbocycles. The first-order valence-electron chi connectivity index (χ1n) is 7.27. The van der Waals surface area contributed by atoms with Gasteiger partial charge in [0.2, 0.25) is 0 Å². The number of aliphatic hydroxyl groups is 1. The van der Waals surface area contributed by atoms with Gasteiger partial charge in [-0.3, -0.25) is 4.79 Å². The van der Waals surface area contributed by atoms with Crippen LogP contribution in [-0.4, -0.2) is 22.8 Å². The SMILES string of the molecule is CCC(C)C(=O)OC1CCCC(C(C)(C)O)CC1. The van der Waals surface area contributed by atoms with E-state index in [0.29, 0.717) is 5.92 Å². The highest BCUT2D eigenvalue weighted by molar-refractivity contribution is 5.72. The second-order valence-corrected chi connectivity index (χ2v) is 6.23. The van der Waals surface area contributed by atoms with Crippen molar-refractivity contribution in [2.24, 2.45) is 11.8 Å². The van der Waals surface area contributed by atoms with Gasteiger partial charge in [0, 0.05) is 0 Å². The van der Waals surface area contributed by atoms with Crippen LogP contribution in [0.4, 0.5) is 0 Å². The molecule has 0 heterocycles. The molecule has 1 rings (SSSR count). The lowest BCUT2D eigenvalue weighted by atomic mass is 9.85. The highest BCUT2D eigenvalue weighted by Crippen LogP contribution is 2.32. The summed E-state index contributed by atoms with van der Waals surface area (Å²) in [5.74, 6) is 0.257. The lowest BCUT2D eigenvalue weighted by Crippen LogP contribution is -2.30. The predicted molar refractivity (Wildman–Crippen MR) is 72.2 cm³/mol. The van der Waals surface area contributed by atoms with Crippen molar-refractivity contribution in [1.82, 2.24) is 0 Å². The normalized spacial score (nSPS) is 27.4. The average molecular weight is 256 g/mol.